The number of imidazole rings is 1. The van der Waals surface area contributed by atoms with Crippen molar-refractivity contribution in [1.82, 2.24) is 19.4 Å². The van der Waals surface area contributed by atoms with Crippen molar-refractivity contribution in [2.24, 2.45) is 0 Å². The zero-order valence-electron chi connectivity index (χ0n) is 14.9. The van der Waals surface area contributed by atoms with E-state index in [0.29, 0.717) is 24.2 Å². The summed E-state index contributed by atoms with van der Waals surface area (Å²) in [6, 6.07) is 8.99. The lowest BCUT2D eigenvalue weighted by molar-refractivity contribution is 0.0707. The number of amides is 1. The Morgan fingerprint density at radius 1 is 1.15 bits per heavy atom. The topological polar surface area (TPSA) is 65.2 Å². The van der Waals surface area contributed by atoms with Crippen molar-refractivity contribution in [3.05, 3.63) is 53.1 Å². The Labute approximate surface area is 153 Å². The van der Waals surface area contributed by atoms with E-state index in [2.05, 4.69) is 21.7 Å². The first-order valence-electron chi connectivity index (χ1n) is 9.29. The molecule has 0 atom stereocenters. The summed E-state index contributed by atoms with van der Waals surface area (Å²) in [5, 5.41) is 9.03. The van der Waals surface area contributed by atoms with Crippen LogP contribution in [-0.4, -0.2) is 44.9 Å². The molecule has 6 heteroatoms. The highest BCUT2D eigenvalue weighted by molar-refractivity contribution is 5.94. The zero-order chi connectivity index (χ0) is 17.9. The van der Waals surface area contributed by atoms with Crippen molar-refractivity contribution in [3.63, 3.8) is 0 Å². The number of rotatable bonds is 3. The first kappa shape index (κ1) is 16.8. The number of benzene rings is 1. The van der Waals surface area contributed by atoms with Crippen LogP contribution in [0.1, 0.15) is 46.7 Å². The van der Waals surface area contributed by atoms with Gasteiger partial charge in [0, 0.05) is 31.4 Å². The monoisotopic (exact) mass is 349 g/mol. The maximum absolute atomic E-state index is 12.8. The summed E-state index contributed by atoms with van der Waals surface area (Å²) in [6.07, 6.45) is 6.03. The predicted molar refractivity (Wildman–Crippen MR) is 97.3 cm³/mol. The minimum Gasteiger partial charge on any atom is -0.331 e. The molecule has 3 heterocycles. The average Bonchev–Trinajstić information content (AvgIpc) is 3.09. The molecule has 26 heavy (non-hydrogen) atoms. The number of fused-ring (bicyclic) bond motifs is 1. The quantitative estimate of drug-likeness (QED) is 0.853. The number of carbonyl (C=O) groups excluding carboxylic acids is 1. The fourth-order valence-corrected chi connectivity index (χ4v) is 3.81. The third kappa shape index (κ3) is 3.49. The Morgan fingerprint density at radius 3 is 2.81 bits per heavy atom. The van der Waals surface area contributed by atoms with Gasteiger partial charge >= 0.3 is 0 Å². The maximum Gasteiger partial charge on any atom is 0.254 e. The molecule has 0 bridgehead atoms. The Balaban J connectivity index is 1.45. The number of likely N-dealkylation sites (tertiary alicyclic amines) is 1. The van der Waals surface area contributed by atoms with Gasteiger partial charge in [-0.15, -0.1) is 0 Å². The van der Waals surface area contributed by atoms with E-state index in [-0.39, 0.29) is 5.91 Å². The molecule has 1 fully saturated rings. The van der Waals surface area contributed by atoms with Gasteiger partial charge in [0.15, 0.2) is 0 Å². The van der Waals surface area contributed by atoms with Gasteiger partial charge in [-0.05, 0) is 44.1 Å². The summed E-state index contributed by atoms with van der Waals surface area (Å²) in [6.45, 7) is 5.17. The van der Waals surface area contributed by atoms with E-state index in [1.807, 2.05) is 4.90 Å². The number of nitrogens with zero attached hydrogens (tertiary/aromatic N) is 5. The SMILES string of the molecule is N#Cc1cccc(C(=O)N2CCn3cc(CN4CCCCC4)nc3C2)c1. The lowest BCUT2D eigenvalue weighted by Crippen LogP contribution is -2.38. The summed E-state index contributed by atoms with van der Waals surface area (Å²) in [4.78, 5) is 21.8. The molecule has 134 valence electrons. The van der Waals surface area contributed by atoms with E-state index in [0.717, 1.165) is 37.7 Å². The van der Waals surface area contributed by atoms with Gasteiger partial charge in [0.2, 0.25) is 0 Å². The maximum atomic E-state index is 12.8. The van der Waals surface area contributed by atoms with Crippen molar-refractivity contribution in [2.75, 3.05) is 19.6 Å². The van der Waals surface area contributed by atoms with Gasteiger partial charge in [-0.3, -0.25) is 9.69 Å². The minimum atomic E-state index is -0.0334. The van der Waals surface area contributed by atoms with Crippen LogP contribution in [0.3, 0.4) is 0 Å². The molecule has 2 aliphatic heterocycles. The van der Waals surface area contributed by atoms with E-state index in [9.17, 15) is 4.79 Å². The van der Waals surface area contributed by atoms with Crippen LogP contribution >= 0.6 is 0 Å². The van der Waals surface area contributed by atoms with Crippen LogP contribution in [0.2, 0.25) is 0 Å². The van der Waals surface area contributed by atoms with Gasteiger partial charge in [0.25, 0.3) is 5.91 Å². The molecule has 0 radical (unpaired) electrons. The minimum absolute atomic E-state index is 0.0334. The Kier molecular flexibility index (Phi) is 4.72. The summed E-state index contributed by atoms with van der Waals surface area (Å²) in [7, 11) is 0. The Bertz CT molecular complexity index is 844. The van der Waals surface area contributed by atoms with Crippen LogP contribution in [0.5, 0.6) is 0 Å². The van der Waals surface area contributed by atoms with Crippen LogP contribution in [0.15, 0.2) is 30.5 Å². The molecular formula is C20H23N5O. The summed E-state index contributed by atoms with van der Waals surface area (Å²) >= 11 is 0. The second kappa shape index (κ2) is 7.30. The fraction of sp³-hybridized carbons (Fsp3) is 0.450. The molecule has 1 aromatic carbocycles. The largest absolute Gasteiger partial charge is 0.331 e. The molecule has 2 aliphatic rings. The zero-order valence-corrected chi connectivity index (χ0v) is 14.9. The molecule has 1 aromatic heterocycles. The van der Waals surface area contributed by atoms with Gasteiger partial charge in [0.1, 0.15) is 5.82 Å². The van der Waals surface area contributed by atoms with Crippen LogP contribution < -0.4 is 0 Å². The van der Waals surface area contributed by atoms with Crippen LogP contribution in [0, 0.1) is 11.3 Å². The molecule has 1 saturated heterocycles. The third-order valence-electron chi connectivity index (χ3n) is 5.21. The third-order valence-corrected chi connectivity index (χ3v) is 5.21. The van der Waals surface area contributed by atoms with Gasteiger partial charge < -0.3 is 9.47 Å². The first-order valence-corrected chi connectivity index (χ1v) is 9.29. The standard InChI is InChI=1S/C20H23N5O/c21-12-16-5-4-6-17(11-16)20(26)25-10-9-24-14-18(22-19(24)15-25)13-23-7-2-1-3-8-23/h4-6,11,14H,1-3,7-10,13,15H2. The van der Waals surface area contributed by atoms with Crippen molar-refractivity contribution >= 4 is 5.91 Å². The van der Waals surface area contributed by atoms with Crippen molar-refractivity contribution in [2.45, 2.75) is 38.9 Å². The molecular weight excluding hydrogens is 326 g/mol. The summed E-state index contributed by atoms with van der Waals surface area (Å²) in [5.74, 6) is 0.918. The van der Waals surface area contributed by atoms with Gasteiger partial charge in [-0.2, -0.15) is 5.26 Å². The normalized spacial score (nSPS) is 17.6. The average molecular weight is 349 g/mol. The van der Waals surface area contributed by atoms with E-state index in [1.54, 1.807) is 24.3 Å². The van der Waals surface area contributed by atoms with E-state index in [1.165, 1.54) is 19.3 Å². The number of hydrogen-bond donors (Lipinski definition) is 0. The molecule has 4 rings (SSSR count). The highest BCUT2D eigenvalue weighted by atomic mass is 16.2. The van der Waals surface area contributed by atoms with Crippen molar-refractivity contribution < 1.29 is 4.79 Å². The number of piperidine rings is 1. The van der Waals surface area contributed by atoms with Crippen molar-refractivity contribution in [3.8, 4) is 6.07 Å². The van der Waals surface area contributed by atoms with Gasteiger partial charge in [0.05, 0.1) is 23.9 Å². The number of aromatic nitrogens is 2. The van der Waals surface area contributed by atoms with E-state index < -0.39 is 0 Å². The number of nitriles is 1. The van der Waals surface area contributed by atoms with E-state index in [4.69, 9.17) is 10.2 Å². The van der Waals surface area contributed by atoms with Gasteiger partial charge in [-0.1, -0.05) is 12.5 Å². The molecule has 0 N–H and O–H groups in total. The molecule has 0 spiro atoms. The Morgan fingerprint density at radius 2 is 2.00 bits per heavy atom. The molecule has 0 saturated carbocycles. The molecule has 1 amide bonds. The Hall–Kier alpha value is -2.65. The summed E-state index contributed by atoms with van der Waals surface area (Å²) < 4.78 is 2.18. The van der Waals surface area contributed by atoms with E-state index >= 15 is 0 Å². The highest BCUT2D eigenvalue weighted by Gasteiger charge is 2.24. The van der Waals surface area contributed by atoms with Crippen LogP contribution in [-0.2, 0) is 19.6 Å². The second-order valence-electron chi connectivity index (χ2n) is 7.10. The molecule has 2 aromatic rings. The summed E-state index contributed by atoms with van der Waals surface area (Å²) in [5.41, 5.74) is 2.18. The van der Waals surface area contributed by atoms with Crippen LogP contribution in [0.25, 0.3) is 0 Å². The lowest BCUT2D eigenvalue weighted by atomic mass is 10.1. The van der Waals surface area contributed by atoms with Gasteiger partial charge in [-0.25, -0.2) is 4.98 Å². The molecule has 0 unspecified atom stereocenters. The second-order valence-corrected chi connectivity index (χ2v) is 7.10. The highest BCUT2D eigenvalue weighted by Crippen LogP contribution is 2.18. The van der Waals surface area contributed by atoms with Crippen LogP contribution in [0.4, 0.5) is 0 Å². The smallest absolute Gasteiger partial charge is 0.254 e. The molecule has 6 nitrogen and oxygen atoms in total. The fourth-order valence-electron chi connectivity index (χ4n) is 3.81. The number of carbonyl (C=O) groups is 1. The molecule has 0 aliphatic carbocycles. The van der Waals surface area contributed by atoms with Crippen molar-refractivity contribution in [1.29, 1.82) is 5.26 Å². The first-order chi connectivity index (χ1) is 12.7. The lowest BCUT2D eigenvalue weighted by Gasteiger charge is -2.27. The number of hydrogen-bond acceptors (Lipinski definition) is 4. The predicted octanol–water partition coefficient (Wildman–Crippen LogP) is 2.40.